The Balaban J connectivity index is 2.17. The lowest BCUT2D eigenvalue weighted by molar-refractivity contribution is 0.257. The highest BCUT2D eigenvalue weighted by Crippen LogP contribution is 2.33. The van der Waals surface area contributed by atoms with E-state index < -0.39 is 16.2 Å². The highest BCUT2D eigenvalue weighted by Gasteiger charge is 2.17. The molecule has 0 saturated heterocycles. The molecule has 1 aromatic heterocycles. The van der Waals surface area contributed by atoms with Gasteiger partial charge in [-0.25, -0.2) is 0 Å². The van der Waals surface area contributed by atoms with E-state index in [-0.39, 0.29) is 0 Å². The van der Waals surface area contributed by atoms with E-state index in [0.717, 1.165) is 27.7 Å². The van der Waals surface area contributed by atoms with Crippen LogP contribution in [0.25, 0.3) is 22.0 Å². The van der Waals surface area contributed by atoms with Gasteiger partial charge in [-0.05, 0) is 11.6 Å². The van der Waals surface area contributed by atoms with Gasteiger partial charge in [0, 0.05) is 45.6 Å². The molecule has 3 aromatic rings. The zero-order valence-electron chi connectivity index (χ0n) is 11.7. The summed E-state index contributed by atoms with van der Waals surface area (Å²) in [6.07, 6.45) is 1.87. The Morgan fingerprint density at radius 1 is 1.10 bits per heavy atom. The molecule has 0 fully saturated rings. The zero-order valence-corrected chi connectivity index (χ0v) is 12.6. The first-order valence-corrected chi connectivity index (χ1v) is 8.44. The van der Waals surface area contributed by atoms with Crippen molar-refractivity contribution in [3.63, 3.8) is 0 Å². The molecule has 0 aliphatic carbocycles. The molecule has 2 atom stereocenters. The van der Waals surface area contributed by atoms with Gasteiger partial charge in [-0.15, -0.1) is 0 Å². The molecular weight excluding hydrogens is 282 g/mol. The van der Waals surface area contributed by atoms with E-state index in [0.29, 0.717) is 6.42 Å². The number of benzene rings is 2. The number of aromatic nitrogens is 1. The van der Waals surface area contributed by atoms with Crippen molar-refractivity contribution in [2.75, 3.05) is 6.26 Å². The van der Waals surface area contributed by atoms with Crippen LogP contribution in [0.1, 0.15) is 5.69 Å². The van der Waals surface area contributed by atoms with Crippen LogP contribution in [0.15, 0.2) is 54.6 Å². The average molecular weight is 299 g/mol. The minimum atomic E-state index is -1.26. The molecule has 108 valence electrons. The number of aliphatic hydroxyl groups is 1. The molecule has 0 aliphatic rings. The Bertz CT molecular complexity index is 780. The summed E-state index contributed by atoms with van der Waals surface area (Å²) >= 11 is 0. The van der Waals surface area contributed by atoms with Crippen molar-refractivity contribution in [1.82, 2.24) is 4.98 Å². The van der Waals surface area contributed by atoms with Gasteiger partial charge in [0.05, 0.1) is 0 Å². The molecule has 0 amide bonds. The third-order valence-electron chi connectivity index (χ3n) is 3.61. The summed E-state index contributed by atoms with van der Waals surface area (Å²) in [5.41, 5.74) is 3.26. The van der Waals surface area contributed by atoms with Crippen LogP contribution in [0, 0.1) is 0 Å². The van der Waals surface area contributed by atoms with E-state index in [1.165, 1.54) is 6.26 Å². The Morgan fingerprint density at radius 2 is 1.76 bits per heavy atom. The van der Waals surface area contributed by atoms with Gasteiger partial charge < -0.3 is 10.1 Å². The lowest BCUT2D eigenvalue weighted by Gasteiger charge is -2.09. The summed E-state index contributed by atoms with van der Waals surface area (Å²) < 4.78 is 11.5. The van der Waals surface area contributed by atoms with E-state index in [1.54, 1.807) is 0 Å². The first kappa shape index (κ1) is 14.0. The van der Waals surface area contributed by atoms with Crippen LogP contribution in [-0.4, -0.2) is 26.0 Å². The molecular formula is C17H17NO2S. The molecule has 0 radical (unpaired) electrons. The Hall–Kier alpha value is -1.91. The molecule has 3 rings (SSSR count). The summed E-state index contributed by atoms with van der Waals surface area (Å²) in [7, 11) is -1.26. The van der Waals surface area contributed by atoms with Crippen molar-refractivity contribution in [2.45, 2.75) is 11.9 Å². The van der Waals surface area contributed by atoms with Crippen molar-refractivity contribution in [3.05, 3.63) is 60.3 Å². The van der Waals surface area contributed by atoms with Gasteiger partial charge in [0.25, 0.3) is 0 Å². The van der Waals surface area contributed by atoms with Crippen LogP contribution in [0.4, 0.5) is 0 Å². The standard InChI is InChI=1S/C17H17NO2S/c1-21(20)16(19)11-15-17(12-7-3-2-4-8-12)13-9-5-6-10-14(13)18-15/h2-10,16,18-19H,11H2,1H3. The number of hydrogen-bond acceptors (Lipinski definition) is 2. The molecule has 3 nitrogen and oxygen atoms in total. The van der Waals surface area contributed by atoms with E-state index in [4.69, 9.17) is 0 Å². The molecule has 21 heavy (non-hydrogen) atoms. The van der Waals surface area contributed by atoms with Crippen LogP contribution >= 0.6 is 0 Å². The fourth-order valence-corrected chi connectivity index (χ4v) is 2.98. The second-order valence-electron chi connectivity index (χ2n) is 5.05. The normalized spacial score (nSPS) is 14.2. The van der Waals surface area contributed by atoms with Crippen LogP contribution < -0.4 is 0 Å². The number of aromatic amines is 1. The van der Waals surface area contributed by atoms with Crippen molar-refractivity contribution < 1.29 is 9.32 Å². The molecule has 0 aliphatic heterocycles. The van der Waals surface area contributed by atoms with Crippen LogP contribution in [0.5, 0.6) is 0 Å². The third kappa shape index (κ3) is 2.77. The van der Waals surface area contributed by atoms with E-state index >= 15 is 0 Å². The molecule has 2 aromatic carbocycles. The van der Waals surface area contributed by atoms with E-state index in [1.807, 2.05) is 36.4 Å². The number of fused-ring (bicyclic) bond motifs is 1. The summed E-state index contributed by atoms with van der Waals surface area (Å²) in [6, 6.07) is 18.1. The number of hydrogen-bond donors (Lipinski definition) is 2. The number of H-pyrrole nitrogens is 1. The van der Waals surface area contributed by atoms with Gasteiger partial charge in [-0.2, -0.15) is 0 Å². The highest BCUT2D eigenvalue weighted by molar-refractivity contribution is 7.84. The topological polar surface area (TPSA) is 53.1 Å². The second kappa shape index (κ2) is 5.84. The van der Waals surface area contributed by atoms with Crippen LogP contribution in [0.2, 0.25) is 0 Å². The lowest BCUT2D eigenvalue weighted by Crippen LogP contribution is -2.16. The Morgan fingerprint density at radius 3 is 2.48 bits per heavy atom. The molecule has 2 unspecified atom stereocenters. The van der Waals surface area contributed by atoms with Crippen molar-refractivity contribution in [2.24, 2.45) is 0 Å². The van der Waals surface area contributed by atoms with Crippen molar-refractivity contribution in [1.29, 1.82) is 0 Å². The molecule has 0 spiro atoms. The fraction of sp³-hybridized carbons (Fsp3) is 0.176. The molecule has 2 N–H and O–H groups in total. The van der Waals surface area contributed by atoms with Crippen molar-refractivity contribution in [3.8, 4) is 11.1 Å². The quantitative estimate of drug-likeness (QED) is 0.778. The summed E-state index contributed by atoms with van der Waals surface area (Å²) in [5.74, 6) is 0. The minimum absolute atomic E-state index is 0.349. The Labute approximate surface area is 126 Å². The third-order valence-corrected chi connectivity index (χ3v) is 4.54. The summed E-state index contributed by atoms with van der Waals surface area (Å²) in [4.78, 5) is 3.35. The summed E-state index contributed by atoms with van der Waals surface area (Å²) in [5, 5.41) is 11.1. The van der Waals surface area contributed by atoms with Gasteiger partial charge in [0.15, 0.2) is 0 Å². The lowest BCUT2D eigenvalue weighted by atomic mass is 10.0. The second-order valence-corrected chi connectivity index (χ2v) is 6.59. The predicted octanol–water partition coefficient (Wildman–Crippen LogP) is 3.07. The first-order valence-electron chi connectivity index (χ1n) is 6.82. The van der Waals surface area contributed by atoms with Gasteiger partial charge in [0.2, 0.25) is 0 Å². The highest BCUT2D eigenvalue weighted by atomic mass is 32.2. The predicted molar refractivity (Wildman–Crippen MR) is 87.5 cm³/mol. The minimum Gasteiger partial charge on any atom is -0.379 e. The van der Waals surface area contributed by atoms with Crippen LogP contribution in [0.3, 0.4) is 0 Å². The number of nitrogens with one attached hydrogen (secondary N) is 1. The molecule has 1 heterocycles. The maximum absolute atomic E-state index is 11.5. The Kier molecular flexibility index (Phi) is 3.90. The number of rotatable bonds is 4. The maximum Gasteiger partial charge on any atom is 0.134 e. The fourth-order valence-electron chi connectivity index (χ4n) is 2.58. The monoisotopic (exact) mass is 299 g/mol. The number of para-hydroxylation sites is 1. The van der Waals surface area contributed by atoms with Gasteiger partial charge >= 0.3 is 0 Å². The zero-order chi connectivity index (χ0) is 14.8. The molecule has 0 saturated carbocycles. The van der Waals surface area contributed by atoms with Gasteiger partial charge in [0.1, 0.15) is 5.44 Å². The van der Waals surface area contributed by atoms with Crippen molar-refractivity contribution >= 4 is 21.7 Å². The average Bonchev–Trinajstić information content (AvgIpc) is 2.85. The van der Waals surface area contributed by atoms with Gasteiger partial charge in [-0.3, -0.25) is 4.21 Å². The molecule has 4 heteroatoms. The smallest absolute Gasteiger partial charge is 0.134 e. The van der Waals surface area contributed by atoms with E-state index in [9.17, 15) is 9.32 Å². The van der Waals surface area contributed by atoms with Crippen LogP contribution in [-0.2, 0) is 17.2 Å². The SMILES string of the molecule is CS(=O)C(O)Cc1[nH]c2ccccc2c1-c1ccccc1. The molecule has 0 bridgehead atoms. The maximum atomic E-state index is 11.5. The number of aliphatic hydroxyl groups excluding tert-OH is 1. The summed E-state index contributed by atoms with van der Waals surface area (Å²) in [6.45, 7) is 0. The largest absolute Gasteiger partial charge is 0.379 e. The first-order chi connectivity index (χ1) is 10.2. The van der Waals surface area contributed by atoms with Gasteiger partial charge in [-0.1, -0.05) is 48.5 Å². The van der Waals surface area contributed by atoms with E-state index in [2.05, 4.69) is 23.2 Å².